The molecule has 0 aliphatic heterocycles. The second kappa shape index (κ2) is 6.81. The summed E-state index contributed by atoms with van der Waals surface area (Å²) in [6, 6.07) is 17.0. The number of likely N-dealkylation sites (N-methyl/N-ethyl adjacent to an activating group) is 1. The molecule has 2 aromatic carbocycles. The number of amides is 1. The van der Waals surface area contributed by atoms with Gasteiger partial charge in [0.2, 0.25) is 5.91 Å². The van der Waals surface area contributed by atoms with Crippen molar-refractivity contribution in [2.24, 2.45) is 0 Å². The quantitative estimate of drug-likeness (QED) is 0.876. The molecule has 2 aromatic rings. The molecule has 2 rings (SSSR count). The Morgan fingerprint density at radius 3 is 2.21 bits per heavy atom. The molecule has 100 valence electrons. The summed E-state index contributed by atoms with van der Waals surface area (Å²) in [5, 5.41) is 0. The Labute approximate surface area is 119 Å². The number of rotatable bonds is 3. The highest BCUT2D eigenvalue weighted by Gasteiger charge is 2.10. The van der Waals surface area contributed by atoms with Crippen LogP contribution in [0.2, 0.25) is 0 Å². The molecule has 0 bridgehead atoms. The lowest BCUT2D eigenvalue weighted by molar-refractivity contribution is -0.117. The number of halogens is 1. The monoisotopic (exact) mass is 276 g/mol. The summed E-state index contributed by atoms with van der Waals surface area (Å²) in [5.74, 6) is 0.0611. The first-order chi connectivity index (χ1) is 8.66. The van der Waals surface area contributed by atoms with E-state index in [-0.39, 0.29) is 18.3 Å². The molecule has 0 heterocycles. The first-order valence-corrected chi connectivity index (χ1v) is 5.83. The number of benzene rings is 2. The summed E-state index contributed by atoms with van der Waals surface area (Å²) >= 11 is 0. The highest BCUT2D eigenvalue weighted by molar-refractivity contribution is 5.94. The highest BCUT2D eigenvalue weighted by Crippen LogP contribution is 2.13. The maximum atomic E-state index is 12.1. The molecular formula is C15H17ClN2O. The van der Waals surface area contributed by atoms with E-state index in [0.717, 1.165) is 11.3 Å². The van der Waals surface area contributed by atoms with E-state index in [9.17, 15) is 4.79 Å². The number of hydrogen-bond acceptors (Lipinski definition) is 2. The number of para-hydroxylation sites is 1. The lowest BCUT2D eigenvalue weighted by atomic mass is 10.1. The van der Waals surface area contributed by atoms with E-state index in [1.165, 1.54) is 0 Å². The number of carbonyl (C=O) groups is 1. The van der Waals surface area contributed by atoms with Crippen molar-refractivity contribution in [3.8, 4) is 0 Å². The minimum absolute atomic E-state index is 0. The molecular weight excluding hydrogens is 260 g/mol. The van der Waals surface area contributed by atoms with Crippen molar-refractivity contribution in [3.05, 3.63) is 60.2 Å². The van der Waals surface area contributed by atoms with Gasteiger partial charge in [0.1, 0.15) is 0 Å². The Morgan fingerprint density at radius 1 is 1.05 bits per heavy atom. The number of anilines is 2. The van der Waals surface area contributed by atoms with Crippen LogP contribution >= 0.6 is 12.4 Å². The molecule has 0 unspecified atom stereocenters. The zero-order valence-corrected chi connectivity index (χ0v) is 11.6. The van der Waals surface area contributed by atoms with E-state index >= 15 is 0 Å². The Bertz CT molecular complexity index is 526. The minimum Gasteiger partial charge on any atom is -0.399 e. The Balaban J connectivity index is 0.00000180. The maximum Gasteiger partial charge on any atom is 0.231 e. The SMILES string of the molecule is CN(C(=O)Cc1ccc(N)cc1)c1ccccc1.Cl. The predicted octanol–water partition coefficient (Wildman–Crippen LogP) is 2.90. The van der Waals surface area contributed by atoms with Gasteiger partial charge in [-0.2, -0.15) is 0 Å². The third kappa shape index (κ3) is 4.00. The zero-order chi connectivity index (χ0) is 13.0. The van der Waals surface area contributed by atoms with Crippen LogP contribution < -0.4 is 10.6 Å². The van der Waals surface area contributed by atoms with Crippen LogP contribution in [0.5, 0.6) is 0 Å². The van der Waals surface area contributed by atoms with Crippen molar-refractivity contribution < 1.29 is 4.79 Å². The first kappa shape index (κ1) is 15.1. The maximum absolute atomic E-state index is 12.1. The summed E-state index contributed by atoms with van der Waals surface area (Å²) in [4.78, 5) is 13.8. The largest absolute Gasteiger partial charge is 0.399 e. The molecule has 0 saturated carbocycles. The summed E-state index contributed by atoms with van der Waals surface area (Å²) in [7, 11) is 1.79. The van der Waals surface area contributed by atoms with Gasteiger partial charge in [-0.05, 0) is 29.8 Å². The predicted molar refractivity (Wildman–Crippen MR) is 81.7 cm³/mol. The summed E-state index contributed by atoms with van der Waals surface area (Å²) < 4.78 is 0. The Hall–Kier alpha value is -2.00. The van der Waals surface area contributed by atoms with Gasteiger partial charge in [0, 0.05) is 18.4 Å². The average molecular weight is 277 g/mol. The van der Waals surface area contributed by atoms with Gasteiger partial charge < -0.3 is 10.6 Å². The minimum atomic E-state index is 0. The van der Waals surface area contributed by atoms with Gasteiger partial charge >= 0.3 is 0 Å². The number of nitrogens with two attached hydrogens (primary N) is 1. The van der Waals surface area contributed by atoms with E-state index in [4.69, 9.17) is 5.73 Å². The second-order valence-electron chi connectivity index (χ2n) is 4.21. The van der Waals surface area contributed by atoms with Crippen molar-refractivity contribution in [3.63, 3.8) is 0 Å². The second-order valence-corrected chi connectivity index (χ2v) is 4.21. The number of nitrogen functional groups attached to an aromatic ring is 1. The molecule has 1 amide bonds. The van der Waals surface area contributed by atoms with Crippen LogP contribution in [0.1, 0.15) is 5.56 Å². The molecule has 4 heteroatoms. The topological polar surface area (TPSA) is 46.3 Å². The zero-order valence-electron chi connectivity index (χ0n) is 10.7. The number of hydrogen-bond donors (Lipinski definition) is 1. The molecule has 0 radical (unpaired) electrons. The number of carbonyl (C=O) groups excluding carboxylic acids is 1. The molecule has 0 aliphatic carbocycles. The lowest BCUT2D eigenvalue weighted by Crippen LogP contribution is -2.27. The summed E-state index contributed by atoms with van der Waals surface area (Å²) in [5.41, 5.74) is 8.19. The van der Waals surface area contributed by atoms with Crippen molar-refractivity contribution in [2.75, 3.05) is 17.7 Å². The van der Waals surface area contributed by atoms with E-state index in [1.54, 1.807) is 11.9 Å². The van der Waals surface area contributed by atoms with E-state index in [2.05, 4.69) is 0 Å². The highest BCUT2D eigenvalue weighted by atomic mass is 35.5. The van der Waals surface area contributed by atoms with Gasteiger partial charge in [0.25, 0.3) is 0 Å². The van der Waals surface area contributed by atoms with Crippen LogP contribution in [0.4, 0.5) is 11.4 Å². The van der Waals surface area contributed by atoms with Crippen LogP contribution in [0.15, 0.2) is 54.6 Å². The van der Waals surface area contributed by atoms with Gasteiger partial charge in [0.15, 0.2) is 0 Å². The van der Waals surface area contributed by atoms with E-state index in [0.29, 0.717) is 12.1 Å². The van der Waals surface area contributed by atoms with Crippen molar-refractivity contribution in [2.45, 2.75) is 6.42 Å². The van der Waals surface area contributed by atoms with Crippen molar-refractivity contribution in [1.82, 2.24) is 0 Å². The normalized spacial score (nSPS) is 9.53. The van der Waals surface area contributed by atoms with Crippen LogP contribution in [-0.2, 0) is 11.2 Å². The molecule has 0 saturated heterocycles. The first-order valence-electron chi connectivity index (χ1n) is 5.83. The molecule has 0 atom stereocenters. The van der Waals surface area contributed by atoms with Gasteiger partial charge in [0.05, 0.1) is 6.42 Å². The fourth-order valence-corrected chi connectivity index (χ4v) is 1.72. The third-order valence-electron chi connectivity index (χ3n) is 2.85. The fourth-order valence-electron chi connectivity index (χ4n) is 1.72. The van der Waals surface area contributed by atoms with Gasteiger partial charge in [-0.3, -0.25) is 4.79 Å². The molecule has 3 nitrogen and oxygen atoms in total. The lowest BCUT2D eigenvalue weighted by Gasteiger charge is -2.17. The average Bonchev–Trinajstić information content (AvgIpc) is 2.41. The smallest absolute Gasteiger partial charge is 0.231 e. The van der Waals surface area contributed by atoms with Crippen LogP contribution in [0.25, 0.3) is 0 Å². The number of nitrogens with zero attached hydrogens (tertiary/aromatic N) is 1. The third-order valence-corrected chi connectivity index (χ3v) is 2.85. The summed E-state index contributed by atoms with van der Waals surface area (Å²) in [6.07, 6.45) is 0.381. The van der Waals surface area contributed by atoms with E-state index in [1.807, 2.05) is 54.6 Å². The van der Waals surface area contributed by atoms with Crippen molar-refractivity contribution in [1.29, 1.82) is 0 Å². The molecule has 0 aliphatic rings. The summed E-state index contributed by atoms with van der Waals surface area (Å²) in [6.45, 7) is 0. The van der Waals surface area contributed by atoms with Gasteiger partial charge in [-0.1, -0.05) is 30.3 Å². The van der Waals surface area contributed by atoms with Gasteiger partial charge in [-0.15, -0.1) is 12.4 Å². The van der Waals surface area contributed by atoms with Gasteiger partial charge in [-0.25, -0.2) is 0 Å². The van der Waals surface area contributed by atoms with E-state index < -0.39 is 0 Å². The van der Waals surface area contributed by atoms with Crippen LogP contribution in [0, 0.1) is 0 Å². The fraction of sp³-hybridized carbons (Fsp3) is 0.133. The molecule has 0 fully saturated rings. The van der Waals surface area contributed by atoms with Crippen LogP contribution in [-0.4, -0.2) is 13.0 Å². The Kier molecular flexibility index (Phi) is 5.39. The molecule has 19 heavy (non-hydrogen) atoms. The van der Waals surface area contributed by atoms with Crippen molar-refractivity contribution >= 4 is 29.7 Å². The van der Waals surface area contributed by atoms with Crippen LogP contribution in [0.3, 0.4) is 0 Å². The molecule has 2 N–H and O–H groups in total. The molecule has 0 spiro atoms. The Morgan fingerprint density at radius 2 is 1.63 bits per heavy atom. The molecule has 0 aromatic heterocycles. The standard InChI is InChI=1S/C15H16N2O.ClH/c1-17(14-5-3-2-4-6-14)15(18)11-12-7-9-13(16)10-8-12;/h2-10H,11,16H2,1H3;1H.